The molecule has 0 spiro atoms. The topological polar surface area (TPSA) is 64.3 Å². The highest BCUT2D eigenvalue weighted by molar-refractivity contribution is 5.94. The highest BCUT2D eigenvalue weighted by Crippen LogP contribution is 2.31. The van der Waals surface area contributed by atoms with Crippen LogP contribution in [0.3, 0.4) is 0 Å². The number of nitrogens with one attached hydrogen (secondary N) is 1. The van der Waals surface area contributed by atoms with Gasteiger partial charge in [-0.15, -0.1) is 0 Å². The lowest BCUT2D eigenvalue weighted by atomic mass is 10.1. The van der Waals surface area contributed by atoms with Crippen molar-refractivity contribution in [3.05, 3.63) is 60.2 Å². The zero-order valence-corrected chi connectivity index (χ0v) is 13.9. The van der Waals surface area contributed by atoms with Gasteiger partial charge < -0.3 is 15.8 Å². The SMILES string of the molecule is CC(Oc1ccccc1NC(=O)C1CCC(N)C1)c1ccccc1. The summed E-state index contributed by atoms with van der Waals surface area (Å²) < 4.78 is 6.08. The Morgan fingerprint density at radius 1 is 1.12 bits per heavy atom. The third-order valence-electron chi connectivity index (χ3n) is 4.56. The number of hydrogen-bond donors (Lipinski definition) is 2. The Morgan fingerprint density at radius 2 is 1.83 bits per heavy atom. The van der Waals surface area contributed by atoms with E-state index in [-0.39, 0.29) is 24.0 Å². The molecule has 1 aliphatic rings. The molecule has 2 aromatic carbocycles. The van der Waals surface area contributed by atoms with Crippen molar-refractivity contribution in [2.75, 3.05) is 5.32 Å². The molecule has 3 atom stereocenters. The van der Waals surface area contributed by atoms with Gasteiger partial charge in [0, 0.05) is 12.0 Å². The number of benzene rings is 2. The first-order valence-corrected chi connectivity index (χ1v) is 8.50. The molecule has 2 aromatic rings. The van der Waals surface area contributed by atoms with Gasteiger partial charge in [-0.3, -0.25) is 4.79 Å². The lowest BCUT2D eigenvalue weighted by Gasteiger charge is -2.19. The van der Waals surface area contributed by atoms with E-state index in [2.05, 4.69) is 5.32 Å². The molecule has 3 unspecified atom stereocenters. The van der Waals surface area contributed by atoms with E-state index in [1.54, 1.807) is 0 Å². The molecule has 126 valence electrons. The van der Waals surface area contributed by atoms with Gasteiger partial charge in [0.25, 0.3) is 0 Å². The van der Waals surface area contributed by atoms with Crippen molar-refractivity contribution in [1.29, 1.82) is 0 Å². The normalized spacial score (nSPS) is 21.2. The van der Waals surface area contributed by atoms with Crippen LogP contribution in [-0.4, -0.2) is 11.9 Å². The smallest absolute Gasteiger partial charge is 0.227 e. The molecule has 0 saturated heterocycles. The van der Waals surface area contributed by atoms with Crippen molar-refractivity contribution in [3.8, 4) is 5.75 Å². The first kappa shape index (κ1) is 16.5. The summed E-state index contributed by atoms with van der Waals surface area (Å²) in [5.41, 5.74) is 7.72. The van der Waals surface area contributed by atoms with Crippen molar-refractivity contribution in [2.24, 2.45) is 11.7 Å². The summed E-state index contributed by atoms with van der Waals surface area (Å²) in [4.78, 5) is 12.4. The van der Waals surface area contributed by atoms with Crippen LogP contribution in [0, 0.1) is 5.92 Å². The molecule has 4 nitrogen and oxygen atoms in total. The third kappa shape index (κ3) is 3.95. The molecule has 0 aliphatic heterocycles. The Labute approximate surface area is 143 Å². The van der Waals surface area contributed by atoms with Crippen LogP contribution in [0.2, 0.25) is 0 Å². The van der Waals surface area contributed by atoms with Crippen molar-refractivity contribution in [2.45, 2.75) is 38.3 Å². The van der Waals surface area contributed by atoms with Crippen molar-refractivity contribution < 1.29 is 9.53 Å². The largest absolute Gasteiger partial charge is 0.484 e. The second-order valence-corrected chi connectivity index (χ2v) is 6.43. The van der Waals surface area contributed by atoms with Gasteiger partial charge in [-0.05, 0) is 43.9 Å². The Morgan fingerprint density at radius 3 is 2.54 bits per heavy atom. The van der Waals surface area contributed by atoms with Gasteiger partial charge in [-0.25, -0.2) is 0 Å². The second-order valence-electron chi connectivity index (χ2n) is 6.43. The monoisotopic (exact) mass is 324 g/mol. The minimum absolute atomic E-state index is 0.000368. The number of nitrogens with two attached hydrogens (primary N) is 1. The van der Waals surface area contributed by atoms with Crippen LogP contribution in [0.25, 0.3) is 0 Å². The minimum Gasteiger partial charge on any atom is -0.484 e. The number of rotatable bonds is 5. The average molecular weight is 324 g/mol. The van der Waals surface area contributed by atoms with E-state index in [1.165, 1.54) is 0 Å². The van der Waals surface area contributed by atoms with Gasteiger partial charge in [-0.2, -0.15) is 0 Å². The molecule has 3 rings (SSSR count). The van der Waals surface area contributed by atoms with Crippen LogP contribution in [0.4, 0.5) is 5.69 Å². The van der Waals surface area contributed by atoms with E-state index in [0.717, 1.165) is 24.8 Å². The highest BCUT2D eigenvalue weighted by Gasteiger charge is 2.28. The summed E-state index contributed by atoms with van der Waals surface area (Å²) in [5.74, 6) is 0.718. The number of carbonyl (C=O) groups is 1. The van der Waals surface area contributed by atoms with Gasteiger partial charge in [0.1, 0.15) is 11.9 Å². The van der Waals surface area contributed by atoms with Crippen molar-refractivity contribution >= 4 is 11.6 Å². The fraction of sp³-hybridized carbons (Fsp3) is 0.350. The van der Waals surface area contributed by atoms with Gasteiger partial charge in [-0.1, -0.05) is 42.5 Å². The molecular formula is C20H24N2O2. The minimum atomic E-state index is -0.0934. The van der Waals surface area contributed by atoms with Crippen LogP contribution in [0.15, 0.2) is 54.6 Å². The predicted molar refractivity (Wildman–Crippen MR) is 95.9 cm³/mol. The fourth-order valence-electron chi connectivity index (χ4n) is 3.14. The molecule has 0 bridgehead atoms. The molecule has 24 heavy (non-hydrogen) atoms. The number of para-hydroxylation sites is 2. The van der Waals surface area contributed by atoms with Crippen LogP contribution >= 0.6 is 0 Å². The molecular weight excluding hydrogens is 300 g/mol. The predicted octanol–water partition coefficient (Wildman–Crippen LogP) is 3.89. The van der Waals surface area contributed by atoms with Crippen molar-refractivity contribution in [1.82, 2.24) is 0 Å². The summed E-state index contributed by atoms with van der Waals surface area (Å²) in [5, 5.41) is 3.01. The molecule has 0 radical (unpaired) electrons. The first-order valence-electron chi connectivity index (χ1n) is 8.50. The quantitative estimate of drug-likeness (QED) is 0.877. The maximum atomic E-state index is 12.4. The Balaban J connectivity index is 1.70. The first-order chi connectivity index (χ1) is 11.6. The van der Waals surface area contributed by atoms with E-state index in [0.29, 0.717) is 11.4 Å². The molecule has 3 N–H and O–H groups in total. The number of ether oxygens (including phenoxy) is 1. The lowest BCUT2D eigenvalue weighted by Crippen LogP contribution is -2.23. The van der Waals surface area contributed by atoms with Crippen LogP contribution in [0.5, 0.6) is 5.75 Å². The summed E-state index contributed by atoms with van der Waals surface area (Å²) in [6, 6.07) is 17.7. The van der Waals surface area contributed by atoms with E-state index >= 15 is 0 Å². The summed E-state index contributed by atoms with van der Waals surface area (Å²) >= 11 is 0. The van der Waals surface area contributed by atoms with E-state index in [9.17, 15) is 4.79 Å². The average Bonchev–Trinajstić information content (AvgIpc) is 3.04. The zero-order valence-electron chi connectivity index (χ0n) is 13.9. The number of hydrogen-bond acceptors (Lipinski definition) is 3. The van der Waals surface area contributed by atoms with Crippen LogP contribution < -0.4 is 15.8 Å². The van der Waals surface area contributed by atoms with E-state index in [4.69, 9.17) is 10.5 Å². The van der Waals surface area contributed by atoms with Gasteiger partial charge in [0.05, 0.1) is 5.69 Å². The fourth-order valence-corrected chi connectivity index (χ4v) is 3.14. The number of amides is 1. The summed E-state index contributed by atoms with van der Waals surface area (Å²) in [6.45, 7) is 2.00. The van der Waals surface area contributed by atoms with Crippen molar-refractivity contribution in [3.63, 3.8) is 0 Å². The highest BCUT2D eigenvalue weighted by atomic mass is 16.5. The zero-order chi connectivity index (χ0) is 16.9. The van der Waals surface area contributed by atoms with Crippen LogP contribution in [-0.2, 0) is 4.79 Å². The standard InChI is InChI=1S/C20H24N2O2/c1-14(15-7-3-2-4-8-15)24-19-10-6-5-9-18(19)22-20(23)16-11-12-17(21)13-16/h2-10,14,16-17H,11-13,21H2,1H3,(H,22,23). The van der Waals surface area contributed by atoms with Gasteiger partial charge in [0.15, 0.2) is 0 Å². The maximum Gasteiger partial charge on any atom is 0.227 e. The van der Waals surface area contributed by atoms with Crippen LogP contribution in [0.1, 0.15) is 37.9 Å². The Bertz CT molecular complexity index is 687. The Hall–Kier alpha value is -2.33. The molecule has 1 aliphatic carbocycles. The summed E-state index contributed by atoms with van der Waals surface area (Å²) in [7, 11) is 0. The molecule has 0 aromatic heterocycles. The maximum absolute atomic E-state index is 12.4. The number of carbonyl (C=O) groups excluding carboxylic acids is 1. The van der Waals surface area contributed by atoms with E-state index in [1.807, 2.05) is 61.5 Å². The second kappa shape index (κ2) is 7.49. The number of anilines is 1. The van der Waals surface area contributed by atoms with Gasteiger partial charge in [0.2, 0.25) is 5.91 Å². The third-order valence-corrected chi connectivity index (χ3v) is 4.56. The molecule has 1 amide bonds. The molecule has 1 saturated carbocycles. The summed E-state index contributed by atoms with van der Waals surface area (Å²) in [6.07, 6.45) is 2.44. The van der Waals surface area contributed by atoms with E-state index < -0.39 is 0 Å². The molecule has 0 heterocycles. The Kier molecular flexibility index (Phi) is 5.16. The molecule has 1 fully saturated rings. The lowest BCUT2D eigenvalue weighted by molar-refractivity contribution is -0.119. The van der Waals surface area contributed by atoms with Gasteiger partial charge >= 0.3 is 0 Å². The molecule has 4 heteroatoms.